The highest BCUT2D eigenvalue weighted by Crippen LogP contribution is 2.15. The van der Waals surface area contributed by atoms with Gasteiger partial charge < -0.3 is 10.2 Å². The lowest BCUT2D eigenvalue weighted by Gasteiger charge is -2.04. The van der Waals surface area contributed by atoms with Crippen LogP contribution in [0.3, 0.4) is 0 Å². The summed E-state index contributed by atoms with van der Waals surface area (Å²) >= 11 is 0. The lowest BCUT2D eigenvalue weighted by molar-refractivity contribution is -0.138. The first-order chi connectivity index (χ1) is 29.4. The van der Waals surface area contributed by atoms with E-state index in [4.69, 9.17) is 45.9 Å². The van der Waals surface area contributed by atoms with Crippen LogP contribution in [0, 0.1) is 0 Å². The molecular formula is C36H72O4. The summed E-state index contributed by atoms with van der Waals surface area (Å²) in [4.78, 5) is 20.4. The minimum Gasteiger partial charge on any atom is -0.481 e. The molecule has 2 N–H and O–H groups in total. The van der Waals surface area contributed by atoms with Crippen LogP contribution in [0.5, 0.6) is 0 Å². The van der Waals surface area contributed by atoms with Crippen LogP contribution in [0.1, 0.15) is 254 Å². The third-order valence-electron chi connectivity index (χ3n) is 5.73. The Kier molecular flexibility index (Phi) is 13.4. The third-order valence-corrected chi connectivity index (χ3v) is 5.73. The molecule has 0 fully saturated rings. The Balaban J connectivity index is 0. The number of carboxylic acids is 2. The molecule has 0 spiro atoms. The number of hydrogen-bond acceptors (Lipinski definition) is 2. The molecule has 0 aliphatic heterocycles. The zero-order valence-corrected chi connectivity index (χ0v) is 24.3. The van der Waals surface area contributed by atoms with Gasteiger partial charge >= 0.3 is 11.9 Å². The van der Waals surface area contributed by atoms with Gasteiger partial charge in [0.2, 0.25) is 0 Å². The summed E-state index contributed by atoms with van der Waals surface area (Å²) in [5.74, 6) is -1.43. The van der Waals surface area contributed by atoms with Gasteiger partial charge in [0.05, 0.1) is 0 Å². The van der Waals surface area contributed by atoms with Crippen LogP contribution in [-0.2, 0) is 9.59 Å². The molecule has 0 aromatic rings. The molecule has 0 rings (SSSR count). The maximum Gasteiger partial charge on any atom is 0.303 e. The van der Waals surface area contributed by atoms with E-state index >= 15 is 0 Å². The van der Waals surface area contributed by atoms with Crippen LogP contribution < -0.4 is 0 Å². The van der Waals surface area contributed by atoms with Gasteiger partial charge in [0.25, 0.3) is 0 Å². The first kappa shape index (κ1) is 14.1. The molecular weight excluding hydrogens is 510 g/mol. The van der Waals surface area contributed by atoms with Gasteiger partial charge in [0, 0.05) is 48.5 Å². The van der Waals surface area contributed by atoms with Crippen molar-refractivity contribution >= 4 is 11.9 Å². The van der Waals surface area contributed by atoms with Crippen molar-refractivity contribution < 1.29 is 55.4 Å². The van der Waals surface area contributed by atoms with E-state index in [0.717, 1.165) is 96.3 Å². The molecule has 0 aromatic heterocycles. The van der Waals surface area contributed by atoms with E-state index in [9.17, 15) is 9.59 Å². The Morgan fingerprint density at radius 3 is 1.15 bits per heavy atom. The minimum absolute atomic E-state index is 0.00633. The predicted molar refractivity (Wildman–Crippen MR) is 174 cm³/mol. The van der Waals surface area contributed by atoms with Gasteiger partial charge in [-0.15, -0.1) is 0 Å². The molecule has 40 heavy (non-hydrogen) atoms. The van der Waals surface area contributed by atoms with Crippen molar-refractivity contribution in [1.82, 2.24) is 0 Å². The van der Waals surface area contributed by atoms with Crippen molar-refractivity contribution in [1.29, 1.82) is 0 Å². The van der Waals surface area contributed by atoms with Gasteiger partial charge in [-0.05, 0) is 12.8 Å². The molecule has 0 bridgehead atoms. The van der Waals surface area contributed by atoms with E-state index in [2.05, 4.69) is 0 Å². The Morgan fingerprint density at radius 2 is 0.775 bits per heavy atom. The Morgan fingerprint density at radius 1 is 0.450 bits per heavy atom. The number of hydrogen-bond donors (Lipinski definition) is 2. The van der Waals surface area contributed by atoms with E-state index in [1.54, 1.807) is 0 Å². The smallest absolute Gasteiger partial charge is 0.303 e. The fourth-order valence-corrected chi connectivity index (χ4v) is 3.60. The van der Waals surface area contributed by atoms with Gasteiger partial charge in [-0.25, -0.2) is 0 Å². The number of carboxylic acid groups (broad SMARTS) is 2. The molecule has 0 radical (unpaired) electrons. The molecule has 4 nitrogen and oxygen atoms in total. The SMILES string of the molecule is O=[13C](O)CCCCCCCCCC[13C](=O)O.[2H]CCCCCCCCCCCC[13C]([2H])([2H])[13C]([2H])([2H])[13C]([2H])([2H])[13C]([2H])([2H])[13C]([2H])([2H])[13C]([2H])([2H])[13C]([2H])([2H])[13C]([2H])([2H])[13C]([2H])([2H])[13C]([2H])([2H])[13C]([2H])([2H])[13C]([2H])([2H])[2H]. The van der Waals surface area contributed by atoms with E-state index in [1.165, 1.54) is 0 Å². The van der Waals surface area contributed by atoms with Crippen LogP contribution >= 0.6 is 0 Å². The summed E-state index contributed by atoms with van der Waals surface area (Å²) in [6, 6.07) is 0. The highest BCUT2D eigenvalue weighted by atomic mass is 16.5. The summed E-state index contributed by atoms with van der Waals surface area (Å²) in [7, 11) is 0. The highest BCUT2D eigenvalue weighted by Gasteiger charge is 1.98. The second-order valence-electron chi connectivity index (χ2n) is 9.33. The summed E-state index contributed by atoms with van der Waals surface area (Å²) in [6.07, 6.45) is -33.1. The molecule has 0 atom stereocenters. The molecule has 0 aliphatic rings. The van der Waals surface area contributed by atoms with E-state index in [-0.39, 0.29) is 19.3 Å². The Hall–Kier alpha value is -1.06. The quantitative estimate of drug-likeness (QED) is 0.0588. The molecule has 0 saturated heterocycles. The second-order valence-corrected chi connectivity index (χ2v) is 9.33. The maximum atomic E-state index is 10.2. The van der Waals surface area contributed by atoms with Gasteiger partial charge in [-0.2, -0.15) is 0 Å². The zero-order chi connectivity index (χ0) is 52.7. The first-order valence-corrected chi connectivity index (χ1v) is 14.7. The third kappa shape index (κ3) is 44.0. The van der Waals surface area contributed by atoms with E-state index < -0.39 is 95.3 Å². The van der Waals surface area contributed by atoms with Crippen LogP contribution in [0.4, 0.5) is 0 Å². The summed E-state index contributed by atoms with van der Waals surface area (Å²) in [6.45, 7) is -3.60. The average Bonchev–Trinajstić information content (AvgIpc) is 3.16. The van der Waals surface area contributed by atoms with Crippen molar-refractivity contribution in [3.8, 4) is 0 Å². The van der Waals surface area contributed by atoms with Crippen molar-refractivity contribution in [3.63, 3.8) is 0 Å². The molecule has 0 saturated carbocycles. The lowest BCUT2D eigenvalue weighted by Crippen LogP contribution is -1.94. The molecule has 4 heteroatoms. The van der Waals surface area contributed by atoms with Crippen molar-refractivity contribution in [2.45, 2.75) is 219 Å². The molecule has 0 aliphatic carbocycles. The predicted octanol–water partition coefficient (Wildman–Crippen LogP) is 12.7. The van der Waals surface area contributed by atoms with Gasteiger partial charge in [-0.1, -0.05) is 193 Å². The monoisotopic (exact) mass is 609 g/mol. The first-order valence-electron chi connectivity index (χ1n) is 27.9. The summed E-state index contributed by atoms with van der Waals surface area (Å²) in [5.41, 5.74) is 0. The number of rotatable bonds is 32. The average molecular weight is 609 g/mol. The van der Waals surface area contributed by atoms with Gasteiger partial charge in [0.15, 0.2) is 0 Å². The maximum absolute atomic E-state index is 10.2. The van der Waals surface area contributed by atoms with Crippen molar-refractivity contribution in [2.75, 3.05) is 0 Å². The Bertz CT molecular complexity index is 1430. The fraction of sp³-hybridized carbons (Fsp3) is 0.944. The van der Waals surface area contributed by atoms with Gasteiger partial charge in [-0.3, -0.25) is 9.59 Å². The Labute approximate surface area is 287 Å². The molecule has 0 heterocycles. The van der Waals surface area contributed by atoms with Crippen LogP contribution in [-0.4, -0.2) is 22.2 Å². The van der Waals surface area contributed by atoms with Crippen LogP contribution in [0.2, 0.25) is 0 Å². The van der Waals surface area contributed by atoms with Gasteiger partial charge in [0.1, 0.15) is 0 Å². The zero-order valence-electron chi connectivity index (χ0n) is 50.3. The molecule has 0 amide bonds. The van der Waals surface area contributed by atoms with Crippen LogP contribution in [0.25, 0.3) is 0 Å². The molecule has 0 unspecified atom stereocenters. The topological polar surface area (TPSA) is 74.6 Å². The number of carbonyl (C=O) groups is 2. The van der Waals surface area contributed by atoms with Crippen molar-refractivity contribution in [2.24, 2.45) is 0 Å². The number of unbranched alkanes of at least 4 members (excludes halogenated alkanes) is 16. The van der Waals surface area contributed by atoms with E-state index in [0.29, 0.717) is 19.7 Å². The second kappa shape index (κ2) is 37.9. The van der Waals surface area contributed by atoms with Crippen LogP contribution in [0.15, 0.2) is 0 Å². The fourth-order valence-electron chi connectivity index (χ4n) is 3.60. The largest absolute Gasteiger partial charge is 0.481 e. The molecule has 0 aromatic carbocycles. The van der Waals surface area contributed by atoms with Crippen molar-refractivity contribution in [3.05, 3.63) is 0 Å². The normalized spacial score (nSPS) is 24.7. The minimum atomic E-state index is -4.78. The number of aliphatic carboxylic acids is 2. The summed E-state index contributed by atoms with van der Waals surface area (Å²) < 4.78 is 208. The standard InChI is InChI=1S/C24H50.C12H22O4/c1-3-5-7-9-11-13-15-17-19-21-23-24-22-20-18-16-14-12-10-8-6-4-2;13-11(14)9-7-5-3-1-2-4-6-8-10-12(15)16/h3-24H2,1-2H3;1-10H2,(H,13,14)(H,15,16)/i1D,2+1D3,4+1D2,6+1D2,8+1D2,10+1D2,12+1D2,14+1D2,16+1D2,18+1D2,20+1D2,22+1D2,24+1D2;11+1,12+1. The van der Waals surface area contributed by atoms with E-state index in [1.807, 2.05) is 0 Å². The summed E-state index contributed by atoms with van der Waals surface area (Å²) in [5, 5.41) is 16.8. The highest BCUT2D eigenvalue weighted by molar-refractivity contribution is 5.66. The lowest BCUT2D eigenvalue weighted by atomic mass is 10.1. The molecule has 240 valence electrons.